The molecule has 110 valence electrons. The fourth-order valence-electron chi connectivity index (χ4n) is 2.32. The lowest BCUT2D eigenvalue weighted by Crippen LogP contribution is -2.33. The van der Waals surface area contributed by atoms with Crippen LogP contribution in [0.2, 0.25) is 0 Å². The molecule has 1 heterocycles. The predicted octanol–water partition coefficient (Wildman–Crippen LogP) is 1.81. The van der Waals surface area contributed by atoms with Gasteiger partial charge in [0.25, 0.3) is 0 Å². The molecule has 2 rings (SSSR count). The summed E-state index contributed by atoms with van der Waals surface area (Å²) in [5, 5.41) is 0. The molecule has 1 aromatic carbocycles. The van der Waals surface area contributed by atoms with E-state index >= 15 is 0 Å². The van der Waals surface area contributed by atoms with Gasteiger partial charge in [-0.1, -0.05) is 24.4 Å². The van der Waals surface area contributed by atoms with Crippen molar-refractivity contribution in [3.63, 3.8) is 0 Å². The monoisotopic (exact) mass is 294 g/mol. The summed E-state index contributed by atoms with van der Waals surface area (Å²) in [6.45, 7) is 6.58. The van der Waals surface area contributed by atoms with Crippen molar-refractivity contribution in [1.82, 2.24) is 4.90 Å². The quantitative estimate of drug-likeness (QED) is 0.839. The van der Waals surface area contributed by atoms with Crippen LogP contribution in [0.5, 0.6) is 5.75 Å². The number of ether oxygens (including phenoxy) is 2. The van der Waals surface area contributed by atoms with Crippen LogP contribution in [0, 0.1) is 0 Å². The summed E-state index contributed by atoms with van der Waals surface area (Å²) in [5.41, 5.74) is 6.46. The summed E-state index contributed by atoms with van der Waals surface area (Å²) in [5.74, 6) is 0.814. The molecule has 1 aliphatic heterocycles. The Kier molecular flexibility index (Phi) is 5.76. The number of hydrogen-bond acceptors (Lipinski definition) is 4. The molecule has 2 N–H and O–H groups in total. The Hall–Kier alpha value is -1.17. The molecule has 1 fully saturated rings. The third kappa shape index (κ3) is 4.74. The van der Waals surface area contributed by atoms with Crippen LogP contribution >= 0.6 is 12.2 Å². The average Bonchev–Trinajstić information content (AvgIpc) is 2.63. The second-order valence-corrected chi connectivity index (χ2v) is 5.52. The van der Waals surface area contributed by atoms with Gasteiger partial charge in [0.05, 0.1) is 6.10 Å². The molecule has 1 unspecified atom stereocenters. The Morgan fingerprint density at radius 3 is 3.20 bits per heavy atom. The van der Waals surface area contributed by atoms with Gasteiger partial charge in [-0.3, -0.25) is 4.90 Å². The lowest BCUT2D eigenvalue weighted by atomic mass is 10.2. The van der Waals surface area contributed by atoms with Gasteiger partial charge in [-0.25, -0.2) is 0 Å². The number of benzene rings is 1. The van der Waals surface area contributed by atoms with Crippen molar-refractivity contribution in [2.45, 2.75) is 19.4 Å². The van der Waals surface area contributed by atoms with Gasteiger partial charge in [-0.15, -0.1) is 0 Å². The molecule has 1 atom stereocenters. The highest BCUT2D eigenvalue weighted by Crippen LogP contribution is 2.13. The Morgan fingerprint density at radius 2 is 2.40 bits per heavy atom. The van der Waals surface area contributed by atoms with E-state index in [1.54, 1.807) is 0 Å². The fourth-order valence-corrected chi connectivity index (χ4v) is 2.44. The molecule has 0 amide bonds. The first-order chi connectivity index (χ1) is 9.65. The summed E-state index contributed by atoms with van der Waals surface area (Å²) in [6, 6.07) is 7.61. The summed E-state index contributed by atoms with van der Waals surface area (Å²) in [6.07, 6.45) is 1.39. The van der Waals surface area contributed by atoms with E-state index in [1.807, 2.05) is 24.3 Å². The second kappa shape index (κ2) is 7.57. The number of rotatable bonds is 5. The zero-order chi connectivity index (χ0) is 14.4. The Morgan fingerprint density at radius 1 is 1.55 bits per heavy atom. The van der Waals surface area contributed by atoms with Crippen LogP contribution in [0.3, 0.4) is 0 Å². The maximum Gasteiger partial charge on any atom is 0.120 e. The Balaban J connectivity index is 1.80. The van der Waals surface area contributed by atoms with Crippen molar-refractivity contribution in [3.8, 4) is 5.75 Å². The fraction of sp³-hybridized carbons (Fsp3) is 0.533. The molecule has 0 bridgehead atoms. The molecule has 5 heteroatoms. The molecule has 1 saturated heterocycles. The molecular formula is C15H22N2O2S. The number of hydrogen-bond donors (Lipinski definition) is 1. The first-order valence-electron chi connectivity index (χ1n) is 7.02. The van der Waals surface area contributed by atoms with Gasteiger partial charge in [-0.2, -0.15) is 0 Å². The first-order valence-corrected chi connectivity index (χ1v) is 7.42. The maximum absolute atomic E-state index is 5.78. The molecule has 4 nitrogen and oxygen atoms in total. The maximum atomic E-state index is 5.78. The molecule has 0 saturated carbocycles. The van der Waals surface area contributed by atoms with Crippen LogP contribution < -0.4 is 10.5 Å². The van der Waals surface area contributed by atoms with E-state index in [0.29, 0.717) is 17.7 Å². The van der Waals surface area contributed by atoms with Gasteiger partial charge in [0.2, 0.25) is 0 Å². The van der Waals surface area contributed by atoms with Crippen LogP contribution in [0.1, 0.15) is 18.9 Å². The van der Waals surface area contributed by atoms with Crippen LogP contribution in [0.15, 0.2) is 24.3 Å². The molecular weight excluding hydrogens is 272 g/mol. The highest BCUT2D eigenvalue weighted by molar-refractivity contribution is 7.80. The molecule has 0 spiro atoms. The normalized spacial score (nSPS) is 20.4. The van der Waals surface area contributed by atoms with E-state index in [1.165, 1.54) is 0 Å². The zero-order valence-corrected chi connectivity index (χ0v) is 12.7. The van der Waals surface area contributed by atoms with Crippen LogP contribution in [-0.4, -0.2) is 48.8 Å². The molecule has 20 heavy (non-hydrogen) atoms. The standard InChI is InChI=1S/C15H22N2O2S/c1-12-11-17(6-3-8-18-12)7-9-19-14-5-2-4-13(10-14)15(16)20/h2,4-5,10,12H,3,6-9,11H2,1H3,(H2,16,20). The zero-order valence-electron chi connectivity index (χ0n) is 11.9. The van der Waals surface area contributed by atoms with Gasteiger partial charge in [-0.05, 0) is 25.5 Å². The van der Waals surface area contributed by atoms with E-state index in [4.69, 9.17) is 27.4 Å². The Labute approximate surface area is 125 Å². The molecule has 0 radical (unpaired) electrons. The minimum absolute atomic E-state index is 0.301. The minimum atomic E-state index is 0.301. The van der Waals surface area contributed by atoms with Gasteiger partial charge in [0.15, 0.2) is 0 Å². The van der Waals surface area contributed by atoms with Crippen molar-refractivity contribution in [3.05, 3.63) is 29.8 Å². The van der Waals surface area contributed by atoms with E-state index in [9.17, 15) is 0 Å². The highest BCUT2D eigenvalue weighted by Gasteiger charge is 2.14. The highest BCUT2D eigenvalue weighted by atomic mass is 32.1. The average molecular weight is 294 g/mol. The first kappa shape index (κ1) is 15.2. The van der Waals surface area contributed by atoms with E-state index in [-0.39, 0.29) is 0 Å². The molecule has 0 aliphatic carbocycles. The van der Waals surface area contributed by atoms with Gasteiger partial charge in [0.1, 0.15) is 17.3 Å². The van der Waals surface area contributed by atoms with Gasteiger partial charge in [0, 0.05) is 31.8 Å². The minimum Gasteiger partial charge on any atom is -0.492 e. The van der Waals surface area contributed by atoms with Crippen LogP contribution in [0.4, 0.5) is 0 Å². The third-order valence-electron chi connectivity index (χ3n) is 3.33. The van der Waals surface area contributed by atoms with Gasteiger partial charge < -0.3 is 15.2 Å². The van der Waals surface area contributed by atoms with Crippen molar-refractivity contribution in [2.24, 2.45) is 5.73 Å². The van der Waals surface area contributed by atoms with Gasteiger partial charge >= 0.3 is 0 Å². The van der Waals surface area contributed by atoms with E-state index in [0.717, 1.165) is 44.0 Å². The number of nitrogens with zero attached hydrogens (tertiary/aromatic N) is 1. The third-order valence-corrected chi connectivity index (χ3v) is 3.57. The second-order valence-electron chi connectivity index (χ2n) is 5.08. The van der Waals surface area contributed by atoms with Crippen molar-refractivity contribution >= 4 is 17.2 Å². The van der Waals surface area contributed by atoms with Crippen LogP contribution in [-0.2, 0) is 4.74 Å². The number of thiocarbonyl (C=S) groups is 1. The molecule has 1 aliphatic rings. The van der Waals surface area contributed by atoms with E-state index < -0.39 is 0 Å². The lowest BCUT2D eigenvalue weighted by Gasteiger charge is -2.21. The topological polar surface area (TPSA) is 47.7 Å². The molecule has 0 aromatic heterocycles. The van der Waals surface area contributed by atoms with Crippen molar-refractivity contribution < 1.29 is 9.47 Å². The summed E-state index contributed by atoms with van der Waals surface area (Å²) < 4.78 is 11.4. The largest absolute Gasteiger partial charge is 0.492 e. The van der Waals surface area contributed by atoms with E-state index in [2.05, 4.69) is 11.8 Å². The lowest BCUT2D eigenvalue weighted by molar-refractivity contribution is 0.0658. The summed E-state index contributed by atoms with van der Waals surface area (Å²) in [7, 11) is 0. The SMILES string of the molecule is CC1CN(CCOc2cccc(C(N)=S)c2)CCCO1. The van der Waals surface area contributed by atoms with Crippen molar-refractivity contribution in [1.29, 1.82) is 0 Å². The van der Waals surface area contributed by atoms with Crippen LogP contribution in [0.25, 0.3) is 0 Å². The summed E-state index contributed by atoms with van der Waals surface area (Å²) in [4.78, 5) is 2.78. The summed E-state index contributed by atoms with van der Waals surface area (Å²) >= 11 is 4.96. The number of nitrogens with two attached hydrogens (primary N) is 1. The predicted molar refractivity (Wildman–Crippen MR) is 84.3 cm³/mol. The van der Waals surface area contributed by atoms with Crippen molar-refractivity contribution in [2.75, 3.05) is 32.8 Å². The smallest absolute Gasteiger partial charge is 0.120 e. The Bertz CT molecular complexity index is 453. The molecule has 1 aromatic rings.